The van der Waals surface area contributed by atoms with Crippen molar-refractivity contribution < 1.29 is 8.42 Å². The Morgan fingerprint density at radius 1 is 1.00 bits per heavy atom. The van der Waals surface area contributed by atoms with Crippen LogP contribution in [0, 0.1) is 0 Å². The average Bonchev–Trinajstić information content (AvgIpc) is 2.68. The summed E-state index contributed by atoms with van der Waals surface area (Å²) in [5.41, 5.74) is 0.937. The van der Waals surface area contributed by atoms with Crippen molar-refractivity contribution in [3.05, 3.63) is 29.8 Å². The van der Waals surface area contributed by atoms with Crippen LogP contribution >= 0.6 is 11.6 Å². The highest BCUT2D eigenvalue weighted by atomic mass is 35.5. The lowest BCUT2D eigenvalue weighted by molar-refractivity contribution is 0.423. The molecule has 0 saturated carbocycles. The molecule has 1 aliphatic heterocycles. The lowest BCUT2D eigenvalue weighted by atomic mass is 10.2. The van der Waals surface area contributed by atoms with Gasteiger partial charge in [0.05, 0.1) is 4.90 Å². The van der Waals surface area contributed by atoms with Gasteiger partial charge in [0.15, 0.2) is 0 Å². The van der Waals surface area contributed by atoms with Crippen molar-refractivity contribution in [3.63, 3.8) is 0 Å². The van der Waals surface area contributed by atoms with E-state index in [4.69, 9.17) is 11.6 Å². The molecule has 0 aliphatic carbocycles. The molecule has 0 spiro atoms. The third-order valence-corrected chi connectivity index (χ3v) is 5.50. The molecule has 0 bridgehead atoms. The lowest BCUT2D eigenvalue weighted by Gasteiger charge is -2.19. The van der Waals surface area contributed by atoms with Crippen LogP contribution < -0.4 is 0 Å². The van der Waals surface area contributed by atoms with Crippen molar-refractivity contribution >= 4 is 21.6 Å². The van der Waals surface area contributed by atoms with Gasteiger partial charge in [0, 0.05) is 19.0 Å². The normalized spacial score (nSPS) is 18.5. The number of alkyl halides is 1. The van der Waals surface area contributed by atoms with Crippen LogP contribution in [0.3, 0.4) is 0 Å². The molecule has 1 saturated heterocycles. The predicted octanol–water partition coefficient (Wildman–Crippen LogP) is 2.99. The molecule has 100 valence electrons. The van der Waals surface area contributed by atoms with Crippen molar-refractivity contribution in [3.8, 4) is 0 Å². The third-order valence-electron chi connectivity index (χ3n) is 3.28. The highest BCUT2D eigenvalue weighted by Crippen LogP contribution is 2.20. The third kappa shape index (κ3) is 3.05. The van der Waals surface area contributed by atoms with Gasteiger partial charge >= 0.3 is 0 Å². The average molecular weight is 288 g/mol. The minimum absolute atomic E-state index is 0.373. The Labute approximate surface area is 114 Å². The van der Waals surface area contributed by atoms with E-state index in [0.29, 0.717) is 23.9 Å². The zero-order chi connectivity index (χ0) is 13.0. The summed E-state index contributed by atoms with van der Waals surface area (Å²) in [6.45, 7) is 1.28. The summed E-state index contributed by atoms with van der Waals surface area (Å²) in [4.78, 5) is 0.373. The highest BCUT2D eigenvalue weighted by Gasteiger charge is 2.24. The second kappa shape index (κ2) is 6.04. The van der Waals surface area contributed by atoms with E-state index in [9.17, 15) is 8.42 Å². The number of sulfonamides is 1. The topological polar surface area (TPSA) is 37.4 Å². The zero-order valence-corrected chi connectivity index (χ0v) is 11.9. The van der Waals surface area contributed by atoms with Crippen molar-refractivity contribution in [2.24, 2.45) is 0 Å². The van der Waals surface area contributed by atoms with Crippen LogP contribution in [0.25, 0.3) is 0 Å². The molecular weight excluding hydrogens is 270 g/mol. The number of rotatable bonds is 3. The Morgan fingerprint density at radius 2 is 1.56 bits per heavy atom. The van der Waals surface area contributed by atoms with Gasteiger partial charge in [0.25, 0.3) is 0 Å². The quantitative estimate of drug-likeness (QED) is 0.802. The van der Waals surface area contributed by atoms with Crippen molar-refractivity contribution in [2.45, 2.75) is 36.5 Å². The molecule has 0 amide bonds. The minimum atomic E-state index is -3.32. The molecule has 1 heterocycles. The highest BCUT2D eigenvalue weighted by molar-refractivity contribution is 7.89. The van der Waals surface area contributed by atoms with Crippen LogP contribution in [-0.4, -0.2) is 25.8 Å². The molecule has 1 aliphatic rings. The first kappa shape index (κ1) is 13.8. The smallest absolute Gasteiger partial charge is 0.207 e. The molecule has 1 aromatic rings. The minimum Gasteiger partial charge on any atom is -0.207 e. The molecule has 3 nitrogen and oxygen atoms in total. The second-order valence-electron chi connectivity index (χ2n) is 4.60. The van der Waals surface area contributed by atoms with Crippen LogP contribution in [0.5, 0.6) is 0 Å². The summed E-state index contributed by atoms with van der Waals surface area (Å²) in [5, 5.41) is 0. The van der Waals surface area contributed by atoms with E-state index < -0.39 is 10.0 Å². The zero-order valence-electron chi connectivity index (χ0n) is 10.3. The van der Waals surface area contributed by atoms with E-state index in [1.165, 1.54) is 0 Å². The van der Waals surface area contributed by atoms with Gasteiger partial charge in [0.2, 0.25) is 10.0 Å². The van der Waals surface area contributed by atoms with Gasteiger partial charge in [-0.2, -0.15) is 4.31 Å². The molecule has 0 unspecified atom stereocenters. The first-order valence-electron chi connectivity index (χ1n) is 6.29. The van der Waals surface area contributed by atoms with E-state index in [0.717, 1.165) is 31.2 Å². The fraction of sp³-hybridized carbons (Fsp3) is 0.538. The SMILES string of the molecule is O=S(=O)(c1ccc(CCl)cc1)N1CCCCCC1. The maximum absolute atomic E-state index is 12.4. The van der Waals surface area contributed by atoms with Gasteiger partial charge in [-0.05, 0) is 30.5 Å². The summed E-state index contributed by atoms with van der Waals surface area (Å²) in [7, 11) is -3.32. The van der Waals surface area contributed by atoms with E-state index >= 15 is 0 Å². The van der Waals surface area contributed by atoms with Gasteiger partial charge in [-0.15, -0.1) is 11.6 Å². The van der Waals surface area contributed by atoms with Crippen molar-refractivity contribution in [1.82, 2.24) is 4.31 Å². The molecule has 1 fully saturated rings. The van der Waals surface area contributed by atoms with Gasteiger partial charge < -0.3 is 0 Å². The fourth-order valence-electron chi connectivity index (χ4n) is 2.18. The number of hydrogen-bond acceptors (Lipinski definition) is 2. The summed E-state index contributed by atoms with van der Waals surface area (Å²) < 4.78 is 26.5. The second-order valence-corrected chi connectivity index (χ2v) is 6.80. The Morgan fingerprint density at radius 3 is 2.06 bits per heavy atom. The monoisotopic (exact) mass is 287 g/mol. The number of nitrogens with zero attached hydrogens (tertiary/aromatic N) is 1. The summed E-state index contributed by atoms with van der Waals surface area (Å²) in [5.74, 6) is 0.407. The molecule has 0 radical (unpaired) electrons. The first-order chi connectivity index (χ1) is 8.64. The molecule has 0 atom stereocenters. The van der Waals surface area contributed by atoms with Crippen LogP contribution in [0.4, 0.5) is 0 Å². The fourth-order valence-corrected chi connectivity index (χ4v) is 3.88. The van der Waals surface area contributed by atoms with Crippen LogP contribution in [-0.2, 0) is 15.9 Å². The molecule has 18 heavy (non-hydrogen) atoms. The van der Waals surface area contributed by atoms with E-state index in [1.54, 1.807) is 28.6 Å². The largest absolute Gasteiger partial charge is 0.243 e. The molecule has 5 heteroatoms. The Kier molecular flexibility index (Phi) is 4.65. The number of benzene rings is 1. The van der Waals surface area contributed by atoms with Gasteiger partial charge in [-0.1, -0.05) is 25.0 Å². The van der Waals surface area contributed by atoms with Gasteiger partial charge in [-0.25, -0.2) is 8.42 Å². The van der Waals surface area contributed by atoms with Crippen LogP contribution in [0.15, 0.2) is 29.2 Å². The molecule has 1 aromatic carbocycles. The lowest BCUT2D eigenvalue weighted by Crippen LogP contribution is -2.31. The molecule has 2 rings (SSSR count). The molecular formula is C13H18ClNO2S. The van der Waals surface area contributed by atoms with E-state index in [-0.39, 0.29) is 0 Å². The van der Waals surface area contributed by atoms with Crippen molar-refractivity contribution in [2.75, 3.05) is 13.1 Å². The standard InChI is InChI=1S/C13H18ClNO2S/c14-11-12-5-7-13(8-6-12)18(16,17)15-9-3-1-2-4-10-15/h5-8H,1-4,9-11H2. The Hall–Kier alpha value is -0.580. The number of halogens is 1. The maximum Gasteiger partial charge on any atom is 0.243 e. The molecule has 0 aromatic heterocycles. The first-order valence-corrected chi connectivity index (χ1v) is 8.27. The van der Waals surface area contributed by atoms with E-state index in [1.807, 2.05) is 0 Å². The predicted molar refractivity (Wildman–Crippen MR) is 73.2 cm³/mol. The van der Waals surface area contributed by atoms with Crippen LogP contribution in [0.1, 0.15) is 31.2 Å². The number of hydrogen-bond donors (Lipinski definition) is 0. The van der Waals surface area contributed by atoms with E-state index in [2.05, 4.69) is 0 Å². The maximum atomic E-state index is 12.4. The van der Waals surface area contributed by atoms with Gasteiger partial charge in [0.1, 0.15) is 0 Å². The summed E-state index contributed by atoms with van der Waals surface area (Å²) in [6, 6.07) is 6.85. The van der Waals surface area contributed by atoms with Crippen LogP contribution in [0.2, 0.25) is 0 Å². The van der Waals surface area contributed by atoms with Gasteiger partial charge in [-0.3, -0.25) is 0 Å². The summed E-state index contributed by atoms with van der Waals surface area (Å²) >= 11 is 5.70. The van der Waals surface area contributed by atoms with Crippen molar-refractivity contribution in [1.29, 1.82) is 0 Å². The molecule has 0 N–H and O–H groups in total. The summed E-state index contributed by atoms with van der Waals surface area (Å²) in [6.07, 6.45) is 4.16. The Bertz CT molecular complexity index is 476. The Balaban J connectivity index is 2.22.